The van der Waals surface area contributed by atoms with Crippen molar-refractivity contribution in [3.63, 3.8) is 0 Å². The number of unbranched alkanes of at least 4 members (excludes halogenated alkanes) is 4. The molecule has 0 aromatic heterocycles. The molecule has 0 aromatic rings. The molecule has 0 saturated heterocycles. The lowest BCUT2D eigenvalue weighted by Gasteiger charge is -2.39. The molecule has 0 radical (unpaired) electrons. The maximum atomic E-state index is 12.6. The van der Waals surface area contributed by atoms with Gasteiger partial charge in [-0.1, -0.05) is 83.5 Å². The summed E-state index contributed by atoms with van der Waals surface area (Å²) in [6, 6.07) is 0.257. The summed E-state index contributed by atoms with van der Waals surface area (Å²) in [6.07, 6.45) is 23.3. The molecule has 0 aliphatic heterocycles. The van der Waals surface area contributed by atoms with Crippen molar-refractivity contribution >= 4 is 17.7 Å². The number of hydrogen-bond acceptors (Lipinski definition) is 6. The molecule has 0 heterocycles. The average Bonchev–Trinajstić information content (AvgIpc) is 2.97. The number of nitrogens with two attached hydrogens (primary N) is 3. The third kappa shape index (κ3) is 9.92. The van der Waals surface area contributed by atoms with Gasteiger partial charge in [-0.25, -0.2) is 0 Å². The summed E-state index contributed by atoms with van der Waals surface area (Å²) >= 11 is 0. The zero-order chi connectivity index (χ0) is 29.6. The van der Waals surface area contributed by atoms with Crippen LogP contribution in [-0.4, -0.2) is 53.5 Å². The second-order valence-corrected chi connectivity index (χ2v) is 13.4. The van der Waals surface area contributed by atoms with Crippen LogP contribution in [0.1, 0.15) is 148 Å². The minimum Gasteiger partial charge on any atom is -0.368 e. The molecule has 3 saturated carbocycles. The Bertz CT molecular complexity index is 768. The Balaban J connectivity index is 1.43. The molecule has 3 fully saturated rings. The van der Waals surface area contributed by atoms with Crippen LogP contribution in [0.5, 0.6) is 0 Å². The summed E-state index contributed by atoms with van der Waals surface area (Å²) in [4.78, 5) is 36.9. The summed E-state index contributed by atoms with van der Waals surface area (Å²) in [5.74, 6) is -0.613. The third-order valence-electron chi connectivity index (χ3n) is 10.4. The molecule has 3 rings (SSSR count). The minimum atomic E-state index is -0.574. The van der Waals surface area contributed by atoms with Crippen molar-refractivity contribution in [2.75, 3.05) is 13.1 Å². The highest BCUT2D eigenvalue weighted by atomic mass is 16.2. The van der Waals surface area contributed by atoms with E-state index in [2.05, 4.69) is 16.0 Å². The quantitative estimate of drug-likeness (QED) is 0.128. The molecule has 0 spiro atoms. The minimum absolute atomic E-state index is 0.204. The Morgan fingerprint density at radius 1 is 0.488 bits per heavy atom. The van der Waals surface area contributed by atoms with Crippen LogP contribution < -0.4 is 33.2 Å². The van der Waals surface area contributed by atoms with E-state index in [-0.39, 0.29) is 23.8 Å². The van der Waals surface area contributed by atoms with Gasteiger partial charge in [-0.05, 0) is 77.3 Å². The van der Waals surface area contributed by atoms with E-state index < -0.39 is 16.6 Å². The summed E-state index contributed by atoms with van der Waals surface area (Å²) in [7, 11) is 0. The van der Waals surface area contributed by atoms with Crippen LogP contribution in [-0.2, 0) is 14.4 Å². The molecule has 0 atom stereocenters. The van der Waals surface area contributed by atoms with E-state index in [1.165, 1.54) is 19.3 Å². The van der Waals surface area contributed by atoms with Crippen LogP contribution in [0, 0.1) is 0 Å². The largest absolute Gasteiger partial charge is 0.368 e. The van der Waals surface area contributed by atoms with Crippen molar-refractivity contribution in [3.05, 3.63) is 0 Å². The van der Waals surface area contributed by atoms with Gasteiger partial charge in [-0.3, -0.25) is 14.4 Å². The SMILES string of the molecule is NC(=O)C1(NCCCCCC(CCCCCNC2(C(N)=O)CCCCC2)NC2(C(N)=O)CCCCC2)CCCCC1. The van der Waals surface area contributed by atoms with E-state index in [4.69, 9.17) is 17.2 Å². The Morgan fingerprint density at radius 3 is 1.17 bits per heavy atom. The highest BCUT2D eigenvalue weighted by molar-refractivity contribution is 5.85. The van der Waals surface area contributed by atoms with Crippen LogP contribution in [0.4, 0.5) is 0 Å². The Morgan fingerprint density at radius 2 is 0.829 bits per heavy atom. The van der Waals surface area contributed by atoms with Gasteiger partial charge in [0.2, 0.25) is 17.7 Å². The van der Waals surface area contributed by atoms with Crippen molar-refractivity contribution in [2.24, 2.45) is 17.2 Å². The van der Waals surface area contributed by atoms with E-state index >= 15 is 0 Å². The van der Waals surface area contributed by atoms with E-state index in [1.54, 1.807) is 0 Å². The van der Waals surface area contributed by atoms with Crippen LogP contribution in [0.2, 0.25) is 0 Å². The molecule has 3 aliphatic rings. The maximum absolute atomic E-state index is 12.6. The number of amides is 3. The number of carbonyl (C=O) groups excluding carboxylic acids is 3. The topological polar surface area (TPSA) is 165 Å². The summed E-state index contributed by atoms with van der Waals surface area (Å²) in [5.41, 5.74) is 15.9. The molecule has 3 aliphatic carbocycles. The lowest BCUT2D eigenvalue weighted by atomic mass is 9.80. The van der Waals surface area contributed by atoms with Crippen LogP contribution >= 0.6 is 0 Å². The molecule has 9 heteroatoms. The lowest BCUT2D eigenvalue weighted by molar-refractivity contribution is -0.126. The van der Waals surface area contributed by atoms with E-state index in [0.717, 1.165) is 142 Å². The summed E-state index contributed by atoms with van der Waals surface area (Å²) < 4.78 is 0. The van der Waals surface area contributed by atoms with Gasteiger partial charge in [0.05, 0.1) is 16.6 Å². The van der Waals surface area contributed by atoms with E-state index in [1.807, 2.05) is 0 Å². The molecule has 3 amide bonds. The van der Waals surface area contributed by atoms with Gasteiger partial charge in [-0.15, -0.1) is 0 Å². The van der Waals surface area contributed by atoms with Gasteiger partial charge in [0.25, 0.3) is 0 Å². The van der Waals surface area contributed by atoms with E-state index in [9.17, 15) is 14.4 Å². The molecular formula is C32H60N6O3. The van der Waals surface area contributed by atoms with Crippen LogP contribution in [0.25, 0.3) is 0 Å². The molecule has 9 N–H and O–H groups in total. The van der Waals surface area contributed by atoms with E-state index in [0.29, 0.717) is 0 Å². The fourth-order valence-corrected chi connectivity index (χ4v) is 7.67. The third-order valence-corrected chi connectivity index (χ3v) is 10.4. The molecule has 0 bridgehead atoms. The van der Waals surface area contributed by atoms with Crippen LogP contribution in [0.15, 0.2) is 0 Å². The first-order valence-electron chi connectivity index (χ1n) is 16.9. The first-order chi connectivity index (χ1) is 19.7. The Labute approximate surface area is 248 Å². The molecule has 0 unspecified atom stereocenters. The number of rotatable bonds is 19. The lowest BCUT2D eigenvalue weighted by Crippen LogP contribution is -2.59. The number of primary amides is 3. The Kier molecular flexibility index (Phi) is 13.8. The maximum Gasteiger partial charge on any atom is 0.237 e. The number of carbonyl (C=O) groups is 3. The molecule has 9 nitrogen and oxygen atoms in total. The first kappa shape index (κ1) is 33.8. The Hall–Kier alpha value is -1.71. The highest BCUT2D eigenvalue weighted by Crippen LogP contribution is 2.31. The van der Waals surface area contributed by atoms with Gasteiger partial charge in [0.1, 0.15) is 0 Å². The average molecular weight is 577 g/mol. The normalized spacial score (nSPS) is 21.9. The smallest absolute Gasteiger partial charge is 0.237 e. The van der Waals surface area contributed by atoms with Crippen LogP contribution in [0.3, 0.4) is 0 Å². The second-order valence-electron chi connectivity index (χ2n) is 13.4. The van der Waals surface area contributed by atoms with Gasteiger partial charge in [0, 0.05) is 6.04 Å². The van der Waals surface area contributed by atoms with Crippen molar-refractivity contribution in [1.29, 1.82) is 0 Å². The van der Waals surface area contributed by atoms with Gasteiger partial charge < -0.3 is 33.2 Å². The monoisotopic (exact) mass is 576 g/mol. The molecule has 0 aromatic carbocycles. The van der Waals surface area contributed by atoms with Crippen molar-refractivity contribution in [1.82, 2.24) is 16.0 Å². The summed E-state index contributed by atoms with van der Waals surface area (Å²) in [6.45, 7) is 1.62. The van der Waals surface area contributed by atoms with Gasteiger partial charge >= 0.3 is 0 Å². The number of hydrogen-bond donors (Lipinski definition) is 6. The second kappa shape index (κ2) is 16.8. The van der Waals surface area contributed by atoms with Gasteiger partial charge in [-0.2, -0.15) is 0 Å². The fourth-order valence-electron chi connectivity index (χ4n) is 7.67. The van der Waals surface area contributed by atoms with Gasteiger partial charge in [0.15, 0.2) is 0 Å². The first-order valence-corrected chi connectivity index (χ1v) is 16.9. The predicted molar refractivity (Wildman–Crippen MR) is 165 cm³/mol. The molecule has 236 valence electrons. The molecular weight excluding hydrogens is 516 g/mol. The zero-order valence-corrected chi connectivity index (χ0v) is 25.7. The summed E-state index contributed by atoms with van der Waals surface area (Å²) in [5, 5.41) is 10.8. The fraction of sp³-hybridized carbons (Fsp3) is 0.906. The predicted octanol–water partition coefficient (Wildman–Crippen LogP) is 3.81. The number of nitrogens with one attached hydrogen (secondary N) is 3. The van der Waals surface area contributed by atoms with Crippen molar-refractivity contribution in [3.8, 4) is 0 Å². The molecule has 41 heavy (non-hydrogen) atoms. The standard InChI is InChI=1S/C32H60N6O3/c33-27(39)30(18-8-3-9-19-30)36-24-14-1-6-16-26(38-32(29(35)41)22-12-5-13-23-32)17-7-2-15-25-37-31(28(34)40)20-10-4-11-21-31/h26,36-38H,1-25H2,(H2,33,39)(H2,34,40)(H2,35,41). The zero-order valence-electron chi connectivity index (χ0n) is 25.7. The van der Waals surface area contributed by atoms with Crippen molar-refractivity contribution < 1.29 is 14.4 Å². The highest BCUT2D eigenvalue weighted by Gasteiger charge is 2.40. The van der Waals surface area contributed by atoms with Crippen molar-refractivity contribution in [2.45, 2.75) is 170 Å².